The lowest BCUT2D eigenvalue weighted by molar-refractivity contribution is -0.349. The van der Waals surface area contributed by atoms with Crippen LogP contribution in [0.2, 0.25) is 5.02 Å². The van der Waals surface area contributed by atoms with Gasteiger partial charge in [0.2, 0.25) is 0 Å². The number of rotatable bonds is 4. The summed E-state index contributed by atoms with van der Waals surface area (Å²) < 4.78 is 35.7. The Morgan fingerprint density at radius 2 is 2.10 bits per heavy atom. The second-order valence-electron chi connectivity index (χ2n) is 7.43. The van der Waals surface area contributed by atoms with Crippen molar-refractivity contribution >= 4 is 31.6 Å². The van der Waals surface area contributed by atoms with E-state index in [-0.39, 0.29) is 22.8 Å². The number of aromatic amines is 1. The van der Waals surface area contributed by atoms with Gasteiger partial charge in [-0.1, -0.05) is 29.3 Å². The van der Waals surface area contributed by atoms with Crippen molar-refractivity contribution in [2.45, 2.75) is 51.6 Å². The molecule has 0 bridgehead atoms. The number of aromatic nitrogens is 2. The number of halogens is 1. The average Bonchev–Trinajstić information content (AvgIpc) is 3.16. The summed E-state index contributed by atoms with van der Waals surface area (Å²) in [5.41, 5.74) is 1.82. The quantitative estimate of drug-likeness (QED) is 0.335. The first kappa shape index (κ1) is 22.6. The van der Waals surface area contributed by atoms with Gasteiger partial charge in [0.25, 0.3) is 5.56 Å². The van der Waals surface area contributed by atoms with Crippen LogP contribution in [0.25, 0.3) is 0 Å². The first-order valence-electron chi connectivity index (χ1n) is 9.34. The van der Waals surface area contributed by atoms with Crippen LogP contribution in [0.4, 0.5) is 0 Å². The van der Waals surface area contributed by atoms with Gasteiger partial charge in [-0.2, -0.15) is 0 Å². The third-order valence-corrected chi connectivity index (χ3v) is 6.90. The molecule has 0 radical (unpaired) electrons. The average molecular weight is 491 g/mol. The summed E-state index contributed by atoms with van der Waals surface area (Å²) in [4.78, 5) is 13.9. The molecule has 10 nitrogen and oxygen atoms in total. The van der Waals surface area contributed by atoms with E-state index in [0.717, 1.165) is 5.56 Å². The number of phosphoric acid groups is 1. The van der Waals surface area contributed by atoms with Crippen LogP contribution in [0.1, 0.15) is 35.8 Å². The second kappa shape index (κ2) is 8.09. The molecule has 4 rings (SSSR count). The minimum absolute atomic E-state index is 0.0524. The van der Waals surface area contributed by atoms with E-state index in [2.05, 4.69) is 4.98 Å². The summed E-state index contributed by atoms with van der Waals surface area (Å²) in [6.45, 7) is 3.60. The number of aliphatic hydroxyl groups is 2. The molecule has 168 valence electrons. The van der Waals surface area contributed by atoms with E-state index >= 15 is 0 Å². The minimum Gasteiger partial charge on any atom is -0.403 e. The largest absolute Gasteiger partial charge is 0.534 e. The Balaban J connectivity index is 1.51. The van der Waals surface area contributed by atoms with Crippen LogP contribution in [0.15, 0.2) is 23.1 Å². The number of aryl methyl sites for hydroxylation is 2. The summed E-state index contributed by atoms with van der Waals surface area (Å²) >= 11 is 10.9. The van der Waals surface area contributed by atoms with Crippen LogP contribution in [-0.2, 0) is 25.0 Å². The van der Waals surface area contributed by atoms with Gasteiger partial charge >= 0.3 is 13.8 Å². The highest BCUT2D eigenvalue weighted by Gasteiger charge is 2.51. The summed E-state index contributed by atoms with van der Waals surface area (Å²) in [6.07, 6.45) is -0.353. The molecular weight excluding hydrogens is 471 g/mol. The molecule has 0 amide bonds. The molecule has 2 aliphatic rings. The van der Waals surface area contributed by atoms with E-state index in [0.29, 0.717) is 23.3 Å². The van der Waals surface area contributed by atoms with Crippen LogP contribution in [-0.4, -0.2) is 31.8 Å². The van der Waals surface area contributed by atoms with Gasteiger partial charge in [0.15, 0.2) is 4.77 Å². The standard InChI is InChI=1S/C18H20ClN2O8PS/c1-9-5-10(2)15-11(6-9)8-26-30(25,28-15)29-18(23,24)13-3-4-14(27-13)21-7-12(19)16(22)20-17(21)31/h5-7,13-14,23-24H,3-4,8H2,1-2H3,(H,20,22,31). The number of hydrogen-bond acceptors (Lipinski definition) is 9. The van der Waals surface area contributed by atoms with E-state index in [4.69, 9.17) is 42.1 Å². The Labute approximate surface area is 186 Å². The highest BCUT2D eigenvalue weighted by molar-refractivity contribution is 7.71. The van der Waals surface area contributed by atoms with Crippen molar-refractivity contribution in [1.82, 2.24) is 9.55 Å². The molecule has 1 aromatic carbocycles. The predicted octanol–water partition coefficient (Wildman–Crippen LogP) is 3.23. The monoisotopic (exact) mass is 490 g/mol. The van der Waals surface area contributed by atoms with Crippen LogP contribution >= 0.6 is 31.6 Å². The molecule has 3 atom stereocenters. The fourth-order valence-corrected chi connectivity index (χ4v) is 5.40. The van der Waals surface area contributed by atoms with Crippen molar-refractivity contribution < 1.29 is 33.1 Å². The number of nitrogens with one attached hydrogen (secondary N) is 1. The van der Waals surface area contributed by atoms with Gasteiger partial charge < -0.3 is 19.5 Å². The van der Waals surface area contributed by atoms with Crippen LogP contribution in [0.5, 0.6) is 5.75 Å². The van der Waals surface area contributed by atoms with E-state index in [1.54, 1.807) is 6.92 Å². The van der Waals surface area contributed by atoms with Gasteiger partial charge in [-0.05, 0) is 44.5 Å². The molecule has 1 fully saturated rings. The summed E-state index contributed by atoms with van der Waals surface area (Å²) in [6, 6.07) is 3.66. The van der Waals surface area contributed by atoms with Gasteiger partial charge in [-0.25, -0.2) is 9.09 Å². The normalized spacial score (nSPS) is 25.8. The van der Waals surface area contributed by atoms with Gasteiger partial charge in [-0.15, -0.1) is 0 Å². The zero-order valence-corrected chi connectivity index (χ0v) is 19.0. The minimum atomic E-state index is -4.35. The number of nitrogens with zero attached hydrogens (tertiary/aromatic N) is 1. The van der Waals surface area contributed by atoms with Crippen molar-refractivity contribution in [3.63, 3.8) is 0 Å². The molecule has 0 saturated carbocycles. The molecule has 1 saturated heterocycles. The third-order valence-electron chi connectivity index (χ3n) is 4.97. The highest BCUT2D eigenvalue weighted by atomic mass is 35.5. The topological polar surface area (TPSA) is 132 Å². The maximum Gasteiger partial charge on any atom is 0.534 e. The lowest BCUT2D eigenvalue weighted by atomic mass is 10.1. The number of fused-ring (bicyclic) bond motifs is 1. The van der Waals surface area contributed by atoms with Crippen molar-refractivity contribution in [3.05, 3.63) is 55.2 Å². The third kappa shape index (κ3) is 4.50. The first-order valence-corrected chi connectivity index (χ1v) is 11.6. The smallest absolute Gasteiger partial charge is 0.403 e. The Bertz CT molecular complexity index is 1200. The van der Waals surface area contributed by atoms with Crippen LogP contribution in [0.3, 0.4) is 0 Å². The summed E-state index contributed by atoms with van der Waals surface area (Å²) in [5.74, 6) is -2.66. The van der Waals surface area contributed by atoms with Crippen LogP contribution in [0, 0.1) is 18.6 Å². The molecule has 3 heterocycles. The first-order chi connectivity index (χ1) is 14.5. The van der Waals surface area contributed by atoms with Crippen molar-refractivity contribution in [2.24, 2.45) is 0 Å². The fraction of sp³-hybridized carbons (Fsp3) is 0.444. The Hall–Kier alpha value is -1.56. The molecular formula is C18H20ClN2O8PS. The zero-order chi connectivity index (χ0) is 22.6. The SMILES string of the molecule is Cc1cc(C)c2c(c1)COP(=O)(OC(O)(O)C1CCC(n3cc(Cl)c(=O)[nH]c3=S)O1)O2. The molecule has 1 aromatic heterocycles. The van der Waals surface area contributed by atoms with Gasteiger partial charge in [0, 0.05) is 11.8 Å². The highest BCUT2D eigenvalue weighted by Crippen LogP contribution is 2.58. The van der Waals surface area contributed by atoms with Gasteiger partial charge in [-0.3, -0.25) is 18.9 Å². The Morgan fingerprint density at radius 3 is 2.84 bits per heavy atom. The van der Waals surface area contributed by atoms with E-state index in [1.807, 2.05) is 19.1 Å². The Morgan fingerprint density at radius 1 is 1.35 bits per heavy atom. The maximum absolute atomic E-state index is 13.0. The molecule has 0 aliphatic carbocycles. The number of benzene rings is 1. The molecule has 3 N–H and O–H groups in total. The second-order valence-corrected chi connectivity index (χ2v) is 9.74. The molecule has 13 heteroatoms. The van der Waals surface area contributed by atoms with E-state index < -0.39 is 31.7 Å². The van der Waals surface area contributed by atoms with Crippen molar-refractivity contribution in [2.75, 3.05) is 0 Å². The van der Waals surface area contributed by atoms with E-state index in [9.17, 15) is 19.6 Å². The number of ether oxygens (including phenoxy) is 1. The number of phosphoric ester groups is 1. The lowest BCUT2D eigenvalue weighted by Crippen LogP contribution is -2.44. The lowest BCUT2D eigenvalue weighted by Gasteiger charge is -2.33. The molecule has 2 aromatic rings. The van der Waals surface area contributed by atoms with Crippen molar-refractivity contribution in [1.29, 1.82) is 0 Å². The van der Waals surface area contributed by atoms with Crippen LogP contribution < -0.4 is 10.1 Å². The number of hydrogen-bond donors (Lipinski definition) is 3. The summed E-state index contributed by atoms with van der Waals surface area (Å²) in [7, 11) is -4.35. The molecule has 2 aliphatic heterocycles. The predicted molar refractivity (Wildman–Crippen MR) is 111 cm³/mol. The zero-order valence-electron chi connectivity index (χ0n) is 16.5. The molecule has 31 heavy (non-hydrogen) atoms. The van der Waals surface area contributed by atoms with Gasteiger partial charge in [0.1, 0.15) is 23.1 Å². The number of H-pyrrole nitrogens is 1. The molecule has 0 spiro atoms. The Kier molecular flexibility index (Phi) is 5.91. The fourth-order valence-electron chi connectivity index (χ4n) is 3.61. The summed E-state index contributed by atoms with van der Waals surface area (Å²) in [5, 5.41) is 20.9. The van der Waals surface area contributed by atoms with E-state index in [1.165, 1.54) is 10.8 Å². The van der Waals surface area contributed by atoms with Gasteiger partial charge in [0.05, 0.1) is 6.61 Å². The molecule has 3 unspecified atom stereocenters. The maximum atomic E-state index is 13.0. The van der Waals surface area contributed by atoms with Crippen molar-refractivity contribution in [3.8, 4) is 5.75 Å².